The predicted octanol–water partition coefficient (Wildman–Crippen LogP) is 2.42. The van der Waals surface area contributed by atoms with Crippen LogP contribution < -0.4 is 5.32 Å². The molecule has 138 valence electrons. The lowest BCUT2D eigenvalue weighted by Gasteiger charge is -2.21. The summed E-state index contributed by atoms with van der Waals surface area (Å²) in [4.78, 5) is 34.4. The molecule has 0 atom stereocenters. The highest BCUT2D eigenvalue weighted by Gasteiger charge is 2.19. The van der Waals surface area contributed by atoms with Gasteiger partial charge in [-0.15, -0.1) is 0 Å². The third-order valence-electron chi connectivity index (χ3n) is 3.94. The Kier molecular flexibility index (Phi) is 6.30. The predicted molar refractivity (Wildman–Crippen MR) is 98.4 cm³/mol. The van der Waals surface area contributed by atoms with Gasteiger partial charge in [0.05, 0.1) is 19.0 Å². The van der Waals surface area contributed by atoms with Gasteiger partial charge < -0.3 is 14.6 Å². The smallest absolute Gasteiger partial charge is 0.274 e. The third-order valence-corrected chi connectivity index (χ3v) is 3.94. The molecule has 2 aromatic heterocycles. The number of hydrogen-bond donors (Lipinski definition) is 1. The monoisotopic (exact) mass is 364 g/mol. The van der Waals surface area contributed by atoms with Crippen molar-refractivity contribution in [3.05, 3.63) is 84.3 Å². The Morgan fingerprint density at radius 1 is 1.07 bits per heavy atom. The summed E-state index contributed by atoms with van der Waals surface area (Å²) < 4.78 is 5.33. The molecule has 0 bridgehead atoms. The molecule has 0 radical (unpaired) electrons. The molecule has 2 heterocycles. The lowest BCUT2D eigenvalue weighted by molar-refractivity contribution is -0.121. The lowest BCUT2D eigenvalue weighted by Crippen LogP contribution is -2.35. The number of amides is 2. The average molecular weight is 364 g/mol. The second kappa shape index (κ2) is 9.28. The van der Waals surface area contributed by atoms with Crippen molar-refractivity contribution in [3.63, 3.8) is 0 Å². The molecule has 1 aromatic carbocycles. The summed E-state index contributed by atoms with van der Waals surface area (Å²) in [5, 5.41) is 2.86. The number of nitrogens with one attached hydrogen (secondary N) is 1. The van der Waals surface area contributed by atoms with Crippen molar-refractivity contribution in [2.75, 3.05) is 6.54 Å². The molecular formula is C20H20N4O3. The maximum Gasteiger partial charge on any atom is 0.274 e. The lowest BCUT2D eigenvalue weighted by atomic mass is 10.2. The Hall–Kier alpha value is -3.48. The van der Waals surface area contributed by atoms with Crippen LogP contribution in [0.5, 0.6) is 0 Å². The first-order valence-corrected chi connectivity index (χ1v) is 8.60. The number of benzene rings is 1. The number of carbonyl (C=O) groups is 2. The van der Waals surface area contributed by atoms with Gasteiger partial charge in [0.1, 0.15) is 11.5 Å². The second-order valence-electron chi connectivity index (χ2n) is 5.91. The van der Waals surface area contributed by atoms with Gasteiger partial charge >= 0.3 is 0 Å². The fourth-order valence-corrected chi connectivity index (χ4v) is 2.54. The molecular weight excluding hydrogens is 344 g/mol. The van der Waals surface area contributed by atoms with Crippen LogP contribution in [0.15, 0.2) is 71.7 Å². The molecule has 7 heteroatoms. The van der Waals surface area contributed by atoms with Crippen LogP contribution in [0, 0.1) is 0 Å². The van der Waals surface area contributed by atoms with E-state index in [9.17, 15) is 9.59 Å². The van der Waals surface area contributed by atoms with E-state index in [4.69, 9.17) is 4.42 Å². The van der Waals surface area contributed by atoms with Crippen molar-refractivity contribution < 1.29 is 14.0 Å². The topological polar surface area (TPSA) is 88.3 Å². The summed E-state index contributed by atoms with van der Waals surface area (Å²) in [5.74, 6) is 0.211. The van der Waals surface area contributed by atoms with Crippen molar-refractivity contribution in [1.82, 2.24) is 20.2 Å². The maximum atomic E-state index is 12.7. The van der Waals surface area contributed by atoms with E-state index in [0.717, 1.165) is 5.56 Å². The third kappa shape index (κ3) is 5.50. The normalized spacial score (nSPS) is 10.4. The molecule has 0 saturated heterocycles. The Morgan fingerprint density at radius 2 is 1.93 bits per heavy atom. The van der Waals surface area contributed by atoms with E-state index in [1.54, 1.807) is 18.4 Å². The SMILES string of the molecule is O=C(CCN(Cc1ccco1)C(=O)c1cnccn1)NCc1ccccc1. The van der Waals surface area contributed by atoms with Gasteiger partial charge in [-0.2, -0.15) is 0 Å². The zero-order chi connectivity index (χ0) is 18.9. The molecule has 0 saturated carbocycles. The Balaban J connectivity index is 1.59. The number of hydrogen-bond acceptors (Lipinski definition) is 5. The fraction of sp³-hybridized carbons (Fsp3) is 0.200. The van der Waals surface area contributed by atoms with E-state index >= 15 is 0 Å². The zero-order valence-corrected chi connectivity index (χ0v) is 14.7. The second-order valence-corrected chi connectivity index (χ2v) is 5.91. The van der Waals surface area contributed by atoms with Gasteiger partial charge in [0.25, 0.3) is 5.91 Å². The first-order chi connectivity index (χ1) is 13.2. The van der Waals surface area contributed by atoms with Crippen LogP contribution >= 0.6 is 0 Å². The van der Waals surface area contributed by atoms with E-state index in [-0.39, 0.29) is 37.0 Å². The summed E-state index contributed by atoms with van der Waals surface area (Å²) in [6.07, 6.45) is 6.11. The number of aromatic nitrogens is 2. The molecule has 0 spiro atoms. The van der Waals surface area contributed by atoms with Crippen LogP contribution in [0.2, 0.25) is 0 Å². The van der Waals surface area contributed by atoms with Gasteiger partial charge in [-0.05, 0) is 17.7 Å². The Bertz CT molecular complexity index is 851. The molecule has 3 aromatic rings. The van der Waals surface area contributed by atoms with Gasteiger partial charge in [-0.1, -0.05) is 30.3 Å². The minimum Gasteiger partial charge on any atom is -0.467 e. The average Bonchev–Trinajstić information content (AvgIpc) is 3.23. The maximum absolute atomic E-state index is 12.7. The molecule has 0 aliphatic heterocycles. The minimum atomic E-state index is -0.296. The summed E-state index contributed by atoms with van der Waals surface area (Å²) in [5.41, 5.74) is 1.25. The quantitative estimate of drug-likeness (QED) is 0.663. The molecule has 0 fully saturated rings. The molecule has 2 amide bonds. The molecule has 3 rings (SSSR count). The fourth-order valence-electron chi connectivity index (χ4n) is 2.54. The zero-order valence-electron chi connectivity index (χ0n) is 14.7. The summed E-state index contributed by atoms with van der Waals surface area (Å²) >= 11 is 0. The van der Waals surface area contributed by atoms with Gasteiger partial charge in [0, 0.05) is 31.9 Å². The number of furan rings is 1. The first kappa shape index (κ1) is 18.3. The van der Waals surface area contributed by atoms with Gasteiger partial charge in [-0.3, -0.25) is 14.6 Å². The van der Waals surface area contributed by atoms with Gasteiger partial charge in [-0.25, -0.2) is 4.98 Å². The van der Waals surface area contributed by atoms with E-state index in [1.807, 2.05) is 30.3 Å². The Morgan fingerprint density at radius 3 is 2.63 bits per heavy atom. The van der Waals surface area contributed by atoms with E-state index in [1.165, 1.54) is 23.5 Å². The summed E-state index contributed by atoms with van der Waals surface area (Å²) in [7, 11) is 0. The van der Waals surface area contributed by atoms with Gasteiger partial charge in [0.2, 0.25) is 5.91 Å². The summed E-state index contributed by atoms with van der Waals surface area (Å²) in [6, 6.07) is 13.2. The van der Waals surface area contributed by atoms with Crippen molar-refractivity contribution in [2.24, 2.45) is 0 Å². The van der Waals surface area contributed by atoms with Crippen LogP contribution in [-0.2, 0) is 17.9 Å². The van der Waals surface area contributed by atoms with Crippen LogP contribution in [0.4, 0.5) is 0 Å². The van der Waals surface area contributed by atoms with Crippen LogP contribution in [0.3, 0.4) is 0 Å². The number of rotatable bonds is 8. The minimum absolute atomic E-state index is 0.129. The Labute approximate surface area is 157 Å². The number of nitrogens with zero attached hydrogens (tertiary/aromatic N) is 3. The highest BCUT2D eigenvalue weighted by Crippen LogP contribution is 2.10. The molecule has 0 aliphatic rings. The standard InChI is InChI=1S/C20H20N4O3/c25-19(23-13-16-5-2-1-3-6-16)8-11-24(15-17-7-4-12-27-17)20(26)18-14-21-9-10-22-18/h1-7,9-10,12,14H,8,11,13,15H2,(H,23,25). The van der Waals surface area contributed by atoms with Crippen LogP contribution in [0.1, 0.15) is 28.2 Å². The van der Waals surface area contributed by atoms with Crippen molar-refractivity contribution in [1.29, 1.82) is 0 Å². The van der Waals surface area contributed by atoms with Gasteiger partial charge in [0.15, 0.2) is 0 Å². The molecule has 0 unspecified atom stereocenters. The van der Waals surface area contributed by atoms with Crippen LogP contribution in [-0.4, -0.2) is 33.2 Å². The van der Waals surface area contributed by atoms with Crippen LogP contribution in [0.25, 0.3) is 0 Å². The highest BCUT2D eigenvalue weighted by atomic mass is 16.3. The van der Waals surface area contributed by atoms with Crippen molar-refractivity contribution in [3.8, 4) is 0 Å². The van der Waals surface area contributed by atoms with Crippen molar-refractivity contribution >= 4 is 11.8 Å². The van der Waals surface area contributed by atoms with Crippen molar-refractivity contribution in [2.45, 2.75) is 19.5 Å². The van der Waals surface area contributed by atoms with E-state index in [2.05, 4.69) is 15.3 Å². The number of carbonyl (C=O) groups excluding carboxylic acids is 2. The van der Waals surface area contributed by atoms with E-state index in [0.29, 0.717) is 12.3 Å². The summed E-state index contributed by atoms with van der Waals surface area (Å²) in [6.45, 7) is 0.959. The largest absolute Gasteiger partial charge is 0.467 e. The molecule has 27 heavy (non-hydrogen) atoms. The molecule has 7 nitrogen and oxygen atoms in total. The van der Waals surface area contributed by atoms with E-state index < -0.39 is 0 Å². The highest BCUT2D eigenvalue weighted by molar-refractivity contribution is 5.92. The molecule has 1 N–H and O–H groups in total. The molecule has 0 aliphatic carbocycles. The first-order valence-electron chi connectivity index (χ1n) is 8.60.